The van der Waals surface area contributed by atoms with Gasteiger partial charge in [0, 0.05) is 18.9 Å². The topological polar surface area (TPSA) is 114 Å². The number of carbonyl (C=O) groups excluding carboxylic acids is 1. The van der Waals surface area contributed by atoms with Crippen LogP contribution in [0.5, 0.6) is 5.75 Å². The maximum Gasteiger partial charge on any atom is 0.412 e. The van der Waals surface area contributed by atoms with Gasteiger partial charge in [-0.2, -0.15) is 0 Å². The highest BCUT2D eigenvalue weighted by molar-refractivity contribution is 5.84. The second-order valence-electron chi connectivity index (χ2n) is 6.36. The second-order valence-corrected chi connectivity index (χ2v) is 6.36. The van der Waals surface area contributed by atoms with Gasteiger partial charge in [0.25, 0.3) is 0 Å². The van der Waals surface area contributed by atoms with Crippen LogP contribution in [-0.2, 0) is 14.3 Å². The van der Waals surface area contributed by atoms with E-state index in [9.17, 15) is 9.59 Å². The third kappa shape index (κ3) is 7.23. The molecule has 160 valence electrons. The number of benzene rings is 2. The van der Waals surface area contributed by atoms with E-state index in [1.54, 1.807) is 36.4 Å². The van der Waals surface area contributed by atoms with Crippen molar-refractivity contribution in [2.24, 2.45) is 0 Å². The number of hydrogen-bond acceptors (Lipinski definition) is 6. The molecule has 0 bridgehead atoms. The first-order valence-corrected chi connectivity index (χ1v) is 9.24. The molecule has 0 heterocycles. The lowest BCUT2D eigenvalue weighted by atomic mass is 10.0. The number of methoxy groups -OCH3 is 1. The van der Waals surface area contributed by atoms with Gasteiger partial charge in [-0.25, -0.2) is 9.59 Å². The minimum Gasteiger partial charge on any atom is -0.491 e. The fourth-order valence-electron chi connectivity index (χ4n) is 2.62. The van der Waals surface area contributed by atoms with E-state index in [0.29, 0.717) is 17.0 Å². The molecule has 1 amide bonds. The van der Waals surface area contributed by atoms with Crippen molar-refractivity contribution in [3.63, 3.8) is 0 Å². The number of rotatable bonds is 10. The minimum atomic E-state index is -1.15. The molecule has 30 heavy (non-hydrogen) atoms. The zero-order chi connectivity index (χ0) is 21.9. The van der Waals surface area contributed by atoms with Gasteiger partial charge >= 0.3 is 12.1 Å². The summed E-state index contributed by atoms with van der Waals surface area (Å²) >= 11 is 0. The number of ether oxygens (including phenoxy) is 3. The van der Waals surface area contributed by atoms with Crippen molar-refractivity contribution in [1.29, 1.82) is 0 Å². The average molecular weight is 415 g/mol. The van der Waals surface area contributed by atoms with Crippen LogP contribution in [0.4, 0.5) is 10.5 Å². The van der Waals surface area contributed by atoms with Crippen LogP contribution in [0.15, 0.2) is 60.7 Å². The van der Waals surface area contributed by atoms with Crippen LogP contribution in [0.25, 0.3) is 0 Å². The third-order valence-electron chi connectivity index (χ3n) is 4.10. The van der Waals surface area contributed by atoms with Crippen molar-refractivity contribution in [2.45, 2.75) is 19.1 Å². The quantitative estimate of drug-likeness (QED) is 0.510. The SMILES string of the molecule is CO[C@@H](/C=C/C(=O)O)[C@@H](OC(=O)Nc1ccc(C)cc1)c1ccc(OCCO)cc1. The van der Waals surface area contributed by atoms with Gasteiger partial charge in [0.1, 0.15) is 18.5 Å². The van der Waals surface area contributed by atoms with Gasteiger partial charge in [0.15, 0.2) is 6.10 Å². The van der Waals surface area contributed by atoms with Crippen molar-refractivity contribution in [3.8, 4) is 5.75 Å². The van der Waals surface area contributed by atoms with Gasteiger partial charge in [0.05, 0.1) is 6.61 Å². The minimum absolute atomic E-state index is 0.113. The molecule has 2 atom stereocenters. The largest absolute Gasteiger partial charge is 0.491 e. The first-order chi connectivity index (χ1) is 14.4. The molecule has 0 spiro atoms. The lowest BCUT2D eigenvalue weighted by Crippen LogP contribution is -2.27. The van der Waals surface area contributed by atoms with Crippen LogP contribution in [0.3, 0.4) is 0 Å². The van der Waals surface area contributed by atoms with Crippen LogP contribution < -0.4 is 10.1 Å². The summed E-state index contributed by atoms with van der Waals surface area (Å²) in [6, 6.07) is 13.9. The number of amides is 1. The van der Waals surface area contributed by atoms with E-state index in [-0.39, 0.29) is 13.2 Å². The average Bonchev–Trinajstić information content (AvgIpc) is 2.73. The predicted octanol–water partition coefficient (Wildman–Crippen LogP) is 3.31. The van der Waals surface area contributed by atoms with Crippen LogP contribution in [0.1, 0.15) is 17.2 Å². The third-order valence-corrected chi connectivity index (χ3v) is 4.10. The number of aliphatic carboxylic acids is 1. The first kappa shape index (κ1) is 22.9. The molecule has 0 fully saturated rings. The first-order valence-electron chi connectivity index (χ1n) is 9.24. The summed E-state index contributed by atoms with van der Waals surface area (Å²) in [5, 5.41) is 20.4. The Hall–Kier alpha value is -3.36. The van der Waals surface area contributed by atoms with Crippen LogP contribution >= 0.6 is 0 Å². The van der Waals surface area contributed by atoms with E-state index in [4.69, 9.17) is 24.4 Å². The van der Waals surface area contributed by atoms with Crippen molar-refractivity contribution in [3.05, 3.63) is 71.8 Å². The summed E-state index contributed by atoms with van der Waals surface area (Å²) in [6.45, 7) is 1.97. The molecule has 2 rings (SSSR count). The summed E-state index contributed by atoms with van der Waals surface area (Å²) in [5.74, 6) is -0.613. The molecule has 0 aliphatic heterocycles. The van der Waals surface area contributed by atoms with Gasteiger partial charge in [-0.3, -0.25) is 5.32 Å². The summed E-state index contributed by atoms with van der Waals surface area (Å²) in [6.07, 6.45) is -0.226. The highest BCUT2D eigenvalue weighted by Crippen LogP contribution is 2.27. The molecule has 0 saturated heterocycles. The van der Waals surface area contributed by atoms with E-state index >= 15 is 0 Å². The van der Waals surface area contributed by atoms with Gasteiger partial charge in [0.2, 0.25) is 0 Å². The molecule has 8 nitrogen and oxygen atoms in total. The van der Waals surface area contributed by atoms with Gasteiger partial charge in [-0.1, -0.05) is 29.8 Å². The molecule has 0 aliphatic rings. The van der Waals surface area contributed by atoms with E-state index in [0.717, 1.165) is 11.6 Å². The van der Waals surface area contributed by atoms with Crippen LogP contribution in [-0.4, -0.2) is 48.7 Å². The maximum absolute atomic E-state index is 12.5. The lowest BCUT2D eigenvalue weighted by Gasteiger charge is -2.24. The molecular weight excluding hydrogens is 390 g/mol. The molecule has 0 saturated carbocycles. The number of anilines is 1. The molecule has 8 heteroatoms. The Bertz CT molecular complexity index is 847. The summed E-state index contributed by atoms with van der Waals surface area (Å²) in [5.41, 5.74) is 2.19. The van der Waals surface area contributed by atoms with Gasteiger partial charge < -0.3 is 24.4 Å². The van der Waals surface area contributed by atoms with Crippen LogP contribution in [0, 0.1) is 6.92 Å². The highest BCUT2D eigenvalue weighted by atomic mass is 16.6. The highest BCUT2D eigenvalue weighted by Gasteiger charge is 2.26. The van der Waals surface area contributed by atoms with Crippen molar-refractivity contribution in [2.75, 3.05) is 25.6 Å². The van der Waals surface area contributed by atoms with Crippen LogP contribution in [0.2, 0.25) is 0 Å². The maximum atomic E-state index is 12.5. The van der Waals surface area contributed by atoms with E-state index in [1.165, 1.54) is 13.2 Å². The van der Waals surface area contributed by atoms with Gasteiger partial charge in [-0.15, -0.1) is 0 Å². The number of aryl methyl sites for hydroxylation is 1. The molecule has 2 aromatic carbocycles. The normalized spacial score (nSPS) is 12.9. The predicted molar refractivity (Wildman–Crippen MR) is 111 cm³/mol. The van der Waals surface area contributed by atoms with Crippen molar-refractivity contribution in [1.82, 2.24) is 0 Å². The van der Waals surface area contributed by atoms with E-state index < -0.39 is 24.3 Å². The number of nitrogens with one attached hydrogen (secondary N) is 1. The zero-order valence-electron chi connectivity index (χ0n) is 16.8. The monoisotopic (exact) mass is 415 g/mol. The Morgan fingerprint density at radius 2 is 1.77 bits per heavy atom. The smallest absolute Gasteiger partial charge is 0.412 e. The number of carboxylic acids is 1. The Morgan fingerprint density at radius 3 is 2.33 bits per heavy atom. The zero-order valence-corrected chi connectivity index (χ0v) is 16.8. The number of aliphatic hydroxyl groups is 1. The summed E-state index contributed by atoms with van der Waals surface area (Å²) < 4.78 is 16.3. The second kappa shape index (κ2) is 11.6. The summed E-state index contributed by atoms with van der Waals surface area (Å²) in [7, 11) is 1.39. The molecule has 3 N–H and O–H groups in total. The number of hydrogen-bond donors (Lipinski definition) is 3. The number of carboxylic acid groups (broad SMARTS) is 1. The molecule has 0 aliphatic carbocycles. The van der Waals surface area contributed by atoms with E-state index in [2.05, 4.69) is 5.32 Å². The van der Waals surface area contributed by atoms with Gasteiger partial charge in [-0.05, 0) is 42.8 Å². The van der Waals surface area contributed by atoms with Crippen molar-refractivity contribution >= 4 is 17.7 Å². The fourth-order valence-corrected chi connectivity index (χ4v) is 2.62. The molecule has 0 aromatic heterocycles. The molecule has 0 unspecified atom stereocenters. The van der Waals surface area contributed by atoms with Crippen molar-refractivity contribution < 1.29 is 34.0 Å². The number of aliphatic hydroxyl groups excluding tert-OH is 1. The van der Waals surface area contributed by atoms with E-state index in [1.807, 2.05) is 19.1 Å². The Morgan fingerprint density at radius 1 is 1.10 bits per heavy atom. The molecule has 2 aromatic rings. The Labute approximate surface area is 174 Å². The fraction of sp³-hybridized carbons (Fsp3) is 0.273. The Kier molecular flexibility index (Phi) is 8.86. The lowest BCUT2D eigenvalue weighted by molar-refractivity contribution is -0.131. The summed E-state index contributed by atoms with van der Waals surface area (Å²) in [4.78, 5) is 23.4. The number of carbonyl (C=O) groups is 2. The molecule has 0 radical (unpaired) electrons. The molecular formula is C22H25NO7. The Balaban J connectivity index is 2.22. The standard InChI is InChI=1S/C22H25NO7/c1-15-3-7-17(8-4-15)23-22(27)30-21(19(28-2)11-12-20(25)26)16-5-9-18(10-6-16)29-14-13-24/h3-12,19,21,24H,13-14H2,1-2H3,(H,23,27)(H,25,26)/b12-11+/t19-,21-/m0/s1.